The highest BCUT2D eigenvalue weighted by Gasteiger charge is 2.36. The lowest BCUT2D eigenvalue weighted by molar-refractivity contribution is -0.146. The molecule has 0 radical (unpaired) electrons. The number of nitrogens with zero attached hydrogens (tertiary/aromatic N) is 2. The Balaban J connectivity index is 1.69. The summed E-state index contributed by atoms with van der Waals surface area (Å²) in [5.74, 6) is -1.81. The van der Waals surface area contributed by atoms with Crippen molar-refractivity contribution in [3.63, 3.8) is 0 Å². The molecule has 168 valence electrons. The second kappa shape index (κ2) is 8.39. The van der Waals surface area contributed by atoms with Crippen molar-refractivity contribution in [2.24, 2.45) is 5.92 Å². The average Bonchev–Trinajstić information content (AvgIpc) is 3.07. The van der Waals surface area contributed by atoms with E-state index in [-0.39, 0.29) is 23.7 Å². The normalized spacial score (nSPS) is 21.8. The van der Waals surface area contributed by atoms with Gasteiger partial charge < -0.3 is 19.7 Å². The topological polar surface area (TPSA) is 65.7 Å². The number of carboxylic acids is 1. The van der Waals surface area contributed by atoms with Gasteiger partial charge in [-0.1, -0.05) is 17.7 Å². The molecule has 4 rings (SSSR count). The van der Waals surface area contributed by atoms with E-state index < -0.39 is 29.7 Å². The molecule has 2 atom stereocenters. The summed E-state index contributed by atoms with van der Waals surface area (Å²) < 4.78 is 42.5. The van der Waals surface area contributed by atoms with Crippen molar-refractivity contribution in [3.8, 4) is 0 Å². The number of aliphatic hydroxyl groups excluding tert-OH is 1. The molecule has 2 N–H and O–H groups in total. The number of benzene rings is 1. The van der Waals surface area contributed by atoms with Gasteiger partial charge in [-0.05, 0) is 49.8 Å². The van der Waals surface area contributed by atoms with E-state index >= 15 is 0 Å². The second-order valence-corrected chi connectivity index (χ2v) is 8.69. The Morgan fingerprint density at radius 1 is 1.23 bits per heavy atom. The van der Waals surface area contributed by atoms with E-state index in [1.54, 1.807) is 0 Å². The molecule has 2 aromatic rings. The number of rotatable bonds is 4. The van der Waals surface area contributed by atoms with Gasteiger partial charge in [0.05, 0.1) is 23.3 Å². The Kier molecular flexibility index (Phi) is 5.96. The number of halogens is 4. The van der Waals surface area contributed by atoms with Crippen LogP contribution in [0.3, 0.4) is 0 Å². The zero-order valence-corrected chi connectivity index (χ0v) is 17.6. The summed E-state index contributed by atoms with van der Waals surface area (Å²) in [5.41, 5.74) is 2.24. The highest BCUT2D eigenvalue weighted by Crippen LogP contribution is 2.38. The van der Waals surface area contributed by atoms with Crippen molar-refractivity contribution in [2.75, 3.05) is 18.0 Å². The van der Waals surface area contributed by atoms with Crippen LogP contribution in [0.25, 0.3) is 0 Å². The first-order valence-corrected chi connectivity index (χ1v) is 10.8. The summed E-state index contributed by atoms with van der Waals surface area (Å²) >= 11 is 6.18. The molecular formula is C22H24ClF3N2O3. The largest absolute Gasteiger partial charge is 0.481 e. The van der Waals surface area contributed by atoms with Crippen LogP contribution in [0, 0.1) is 5.92 Å². The lowest BCUT2D eigenvalue weighted by Crippen LogP contribution is -2.46. The van der Waals surface area contributed by atoms with Crippen molar-refractivity contribution in [1.82, 2.24) is 4.57 Å². The number of aliphatic hydroxyl groups is 1. The number of carbonyl (C=O) groups is 1. The number of fused-ring (bicyclic) bond motifs is 1. The lowest BCUT2D eigenvalue weighted by Gasteiger charge is -2.35. The average molecular weight is 457 g/mol. The van der Waals surface area contributed by atoms with Crippen molar-refractivity contribution in [3.05, 3.63) is 51.8 Å². The minimum Gasteiger partial charge on any atom is -0.481 e. The lowest BCUT2D eigenvalue weighted by atomic mass is 9.92. The number of hydrogen-bond acceptors (Lipinski definition) is 3. The first-order chi connectivity index (χ1) is 14.7. The van der Waals surface area contributed by atoms with Gasteiger partial charge in [-0.15, -0.1) is 0 Å². The molecule has 1 fully saturated rings. The van der Waals surface area contributed by atoms with Gasteiger partial charge >= 0.3 is 12.1 Å². The molecule has 0 saturated carbocycles. The third-order valence-electron chi connectivity index (χ3n) is 6.37. The second-order valence-electron chi connectivity index (χ2n) is 8.29. The summed E-state index contributed by atoms with van der Waals surface area (Å²) in [7, 11) is 0. The predicted molar refractivity (Wildman–Crippen MR) is 111 cm³/mol. The molecule has 31 heavy (non-hydrogen) atoms. The Labute approximate surface area is 183 Å². The molecule has 2 unspecified atom stereocenters. The first kappa shape index (κ1) is 22.0. The monoisotopic (exact) mass is 456 g/mol. The van der Waals surface area contributed by atoms with Gasteiger partial charge in [0, 0.05) is 42.1 Å². The third-order valence-corrected chi connectivity index (χ3v) is 6.72. The molecule has 0 spiro atoms. The molecule has 2 aliphatic rings. The van der Waals surface area contributed by atoms with E-state index in [1.165, 1.54) is 12.1 Å². The van der Waals surface area contributed by atoms with Gasteiger partial charge in [-0.3, -0.25) is 4.79 Å². The summed E-state index contributed by atoms with van der Waals surface area (Å²) in [6.45, 7) is 0.669. The van der Waals surface area contributed by atoms with Crippen LogP contribution in [-0.2, 0) is 30.4 Å². The minimum atomic E-state index is -4.50. The predicted octanol–water partition coefficient (Wildman–Crippen LogP) is 4.36. The summed E-state index contributed by atoms with van der Waals surface area (Å²) in [6.07, 6.45) is 0.170. The van der Waals surface area contributed by atoms with Crippen LogP contribution in [0.2, 0.25) is 5.02 Å². The van der Waals surface area contributed by atoms with Crippen molar-refractivity contribution < 1.29 is 28.2 Å². The number of β-amino-alcohol motifs (C(OH)–C–C–N with tert-alkyl or cyclic N) is 1. The molecule has 1 aliphatic carbocycles. The van der Waals surface area contributed by atoms with E-state index in [2.05, 4.69) is 0 Å². The molecular weight excluding hydrogens is 433 g/mol. The molecule has 5 nitrogen and oxygen atoms in total. The van der Waals surface area contributed by atoms with Gasteiger partial charge in [0.25, 0.3) is 0 Å². The van der Waals surface area contributed by atoms with Crippen molar-refractivity contribution in [1.29, 1.82) is 0 Å². The molecule has 1 aliphatic heterocycles. The van der Waals surface area contributed by atoms with Gasteiger partial charge in [0.15, 0.2) is 0 Å². The summed E-state index contributed by atoms with van der Waals surface area (Å²) in [6, 6.07) is 3.82. The maximum atomic E-state index is 13.6. The number of aliphatic carboxylic acids is 1. The Bertz CT molecular complexity index is 989. The number of carboxylic acid groups (broad SMARTS) is 1. The zero-order valence-electron chi connectivity index (χ0n) is 16.8. The van der Waals surface area contributed by atoms with Crippen LogP contribution in [-0.4, -0.2) is 39.9 Å². The molecule has 1 aromatic heterocycles. The Hall–Kier alpha value is -2.19. The first-order valence-electron chi connectivity index (χ1n) is 10.4. The molecule has 1 saturated heterocycles. The van der Waals surface area contributed by atoms with Crippen LogP contribution >= 0.6 is 11.6 Å². The molecule has 0 bridgehead atoms. The zero-order chi connectivity index (χ0) is 22.3. The molecule has 0 amide bonds. The van der Waals surface area contributed by atoms with E-state index in [4.69, 9.17) is 11.6 Å². The van der Waals surface area contributed by atoms with Gasteiger partial charge in [0.1, 0.15) is 0 Å². The van der Waals surface area contributed by atoms with E-state index in [0.29, 0.717) is 13.0 Å². The molecule has 9 heteroatoms. The van der Waals surface area contributed by atoms with Gasteiger partial charge in [-0.2, -0.15) is 13.2 Å². The van der Waals surface area contributed by atoms with Crippen LogP contribution in [0.15, 0.2) is 24.4 Å². The smallest absolute Gasteiger partial charge is 0.416 e. The fourth-order valence-corrected chi connectivity index (χ4v) is 5.03. The highest BCUT2D eigenvalue weighted by molar-refractivity contribution is 6.31. The quantitative estimate of drug-likeness (QED) is 0.717. The number of alkyl halides is 3. The van der Waals surface area contributed by atoms with Crippen LogP contribution in [0.1, 0.15) is 41.6 Å². The minimum absolute atomic E-state index is 0.00495. The van der Waals surface area contributed by atoms with Crippen LogP contribution in [0.4, 0.5) is 18.9 Å². The van der Waals surface area contributed by atoms with Crippen molar-refractivity contribution in [2.45, 2.75) is 50.9 Å². The summed E-state index contributed by atoms with van der Waals surface area (Å²) in [5, 5.41) is 19.6. The maximum absolute atomic E-state index is 13.6. The van der Waals surface area contributed by atoms with Crippen LogP contribution < -0.4 is 4.90 Å². The Morgan fingerprint density at radius 3 is 2.65 bits per heavy atom. The Morgan fingerprint density at radius 2 is 1.97 bits per heavy atom. The number of piperidine rings is 1. The SMILES string of the molecule is O=C(O)C1CCN(c2cn(Cc3c(Cl)cccc3C(F)(F)F)c3c2CCCC3)CC1O. The number of anilines is 1. The fourth-order valence-electron chi connectivity index (χ4n) is 4.79. The maximum Gasteiger partial charge on any atom is 0.416 e. The van der Waals surface area contributed by atoms with E-state index in [0.717, 1.165) is 48.7 Å². The molecule has 2 heterocycles. The van der Waals surface area contributed by atoms with Gasteiger partial charge in [-0.25, -0.2) is 0 Å². The number of hydrogen-bond donors (Lipinski definition) is 2. The van der Waals surface area contributed by atoms with Crippen LogP contribution in [0.5, 0.6) is 0 Å². The highest BCUT2D eigenvalue weighted by atomic mass is 35.5. The summed E-state index contributed by atoms with van der Waals surface area (Å²) in [4.78, 5) is 13.3. The van der Waals surface area contributed by atoms with E-state index in [1.807, 2.05) is 15.7 Å². The third kappa shape index (κ3) is 4.28. The standard InChI is InChI=1S/C22H24ClF3N2O3/c23-17-6-3-5-16(22(24,25)26)15(17)10-28-11-19(13-4-1-2-7-18(13)28)27-9-8-14(21(30)31)20(29)12-27/h3,5-6,11,14,20,29H,1-2,4,7-10,12H2,(H,30,31). The molecule has 1 aromatic carbocycles. The van der Waals surface area contributed by atoms with Gasteiger partial charge in [0.2, 0.25) is 0 Å². The fraction of sp³-hybridized carbons (Fsp3) is 0.500. The van der Waals surface area contributed by atoms with Crippen molar-refractivity contribution >= 4 is 23.3 Å². The van der Waals surface area contributed by atoms with E-state index in [9.17, 15) is 28.2 Å². The number of aromatic nitrogens is 1.